The lowest BCUT2D eigenvalue weighted by Gasteiger charge is -2.53. The third kappa shape index (κ3) is 1.36. The minimum Gasteiger partial charge on any atom is -0.298 e. The summed E-state index contributed by atoms with van der Waals surface area (Å²) in [5, 5.41) is 0. The van der Waals surface area contributed by atoms with Crippen LogP contribution in [0.1, 0.15) is 38.7 Å². The quantitative estimate of drug-likeness (QED) is 0.679. The standard InChI is InChI=1S/C17H20O/c1-16(2)13-9-10-17(3,15(16)18)14(11-13)12-7-5-4-6-8-12/h4-10,13-14H,11H2,1-3H3/t13-,14+,17+/m1/s1. The number of carbonyl (C=O) groups excluding carboxylic acids is 1. The second-order valence-electron chi connectivity index (χ2n) is 6.50. The summed E-state index contributed by atoms with van der Waals surface area (Å²) in [4.78, 5) is 12.8. The number of allylic oxidation sites excluding steroid dienone is 2. The van der Waals surface area contributed by atoms with Gasteiger partial charge in [-0.05, 0) is 24.8 Å². The number of benzene rings is 1. The molecule has 2 bridgehead atoms. The highest BCUT2D eigenvalue weighted by molar-refractivity contribution is 5.94. The van der Waals surface area contributed by atoms with E-state index >= 15 is 0 Å². The Morgan fingerprint density at radius 2 is 1.78 bits per heavy atom. The smallest absolute Gasteiger partial charge is 0.149 e. The number of hydrogen-bond donors (Lipinski definition) is 0. The summed E-state index contributed by atoms with van der Waals surface area (Å²) in [6, 6.07) is 10.5. The maximum Gasteiger partial charge on any atom is 0.149 e. The molecule has 18 heavy (non-hydrogen) atoms. The third-order valence-electron chi connectivity index (χ3n) is 5.09. The maximum absolute atomic E-state index is 12.8. The molecule has 3 aliphatic rings. The summed E-state index contributed by atoms with van der Waals surface area (Å²) in [5.74, 6) is 1.13. The van der Waals surface area contributed by atoms with Crippen molar-refractivity contribution in [3.8, 4) is 0 Å². The first kappa shape index (κ1) is 11.7. The molecule has 0 aliphatic heterocycles. The molecular formula is C17H20O. The van der Waals surface area contributed by atoms with Gasteiger partial charge in [0.15, 0.2) is 0 Å². The van der Waals surface area contributed by atoms with E-state index in [1.165, 1.54) is 5.56 Å². The predicted molar refractivity (Wildman–Crippen MR) is 73.3 cm³/mol. The Morgan fingerprint density at radius 3 is 2.44 bits per heavy atom. The fourth-order valence-electron chi connectivity index (χ4n) is 3.81. The largest absolute Gasteiger partial charge is 0.298 e. The molecule has 0 aromatic heterocycles. The van der Waals surface area contributed by atoms with E-state index in [1.54, 1.807) is 0 Å². The van der Waals surface area contributed by atoms with Gasteiger partial charge in [-0.15, -0.1) is 0 Å². The molecule has 0 N–H and O–H groups in total. The maximum atomic E-state index is 12.8. The summed E-state index contributed by atoms with van der Waals surface area (Å²) in [7, 11) is 0. The SMILES string of the molecule is CC1(C)C(=O)[C@@]2(C)C=C[C@@H]1C[C@H]2c1ccccc1. The molecule has 0 amide bonds. The van der Waals surface area contributed by atoms with Gasteiger partial charge in [-0.3, -0.25) is 4.79 Å². The number of ketones is 1. The molecule has 0 saturated heterocycles. The van der Waals surface area contributed by atoms with E-state index < -0.39 is 0 Å². The molecule has 1 saturated carbocycles. The minimum atomic E-state index is -0.320. The lowest BCUT2D eigenvalue weighted by Crippen LogP contribution is -2.53. The van der Waals surface area contributed by atoms with Crippen molar-refractivity contribution < 1.29 is 4.79 Å². The summed E-state index contributed by atoms with van der Waals surface area (Å²) in [5.41, 5.74) is 0.784. The van der Waals surface area contributed by atoms with Crippen LogP contribution >= 0.6 is 0 Å². The lowest BCUT2D eigenvalue weighted by molar-refractivity contribution is -0.143. The Balaban J connectivity index is 2.08. The first-order valence-electron chi connectivity index (χ1n) is 6.75. The molecule has 0 spiro atoms. The fraction of sp³-hybridized carbons (Fsp3) is 0.471. The highest BCUT2D eigenvalue weighted by Crippen LogP contribution is 2.58. The van der Waals surface area contributed by atoms with Gasteiger partial charge in [0.25, 0.3) is 0 Å². The molecule has 3 aliphatic carbocycles. The highest BCUT2D eigenvalue weighted by atomic mass is 16.1. The van der Waals surface area contributed by atoms with Crippen molar-refractivity contribution in [1.82, 2.24) is 0 Å². The first-order chi connectivity index (χ1) is 8.46. The Bertz CT molecular complexity index is 512. The van der Waals surface area contributed by atoms with Gasteiger partial charge in [0.2, 0.25) is 0 Å². The van der Waals surface area contributed by atoms with Gasteiger partial charge < -0.3 is 0 Å². The van der Waals surface area contributed by atoms with Crippen molar-refractivity contribution in [2.45, 2.75) is 33.1 Å². The van der Waals surface area contributed by atoms with Gasteiger partial charge in [0, 0.05) is 11.3 Å². The minimum absolute atomic E-state index is 0.200. The number of hydrogen-bond acceptors (Lipinski definition) is 1. The molecule has 94 valence electrons. The molecule has 1 aromatic carbocycles. The molecule has 0 unspecified atom stereocenters. The molecular weight excluding hydrogens is 220 g/mol. The van der Waals surface area contributed by atoms with Crippen LogP contribution in [0.2, 0.25) is 0 Å². The van der Waals surface area contributed by atoms with Crippen molar-refractivity contribution in [3.63, 3.8) is 0 Å². The molecule has 4 rings (SSSR count). The van der Waals surface area contributed by atoms with Gasteiger partial charge in [0.1, 0.15) is 5.78 Å². The molecule has 1 fully saturated rings. The second-order valence-corrected chi connectivity index (χ2v) is 6.50. The van der Waals surface area contributed by atoms with Crippen LogP contribution in [-0.4, -0.2) is 5.78 Å². The van der Waals surface area contributed by atoms with E-state index in [1.807, 2.05) is 6.07 Å². The van der Waals surface area contributed by atoms with Crippen molar-refractivity contribution in [2.24, 2.45) is 16.7 Å². The predicted octanol–water partition coefficient (Wildman–Crippen LogP) is 3.96. The van der Waals surface area contributed by atoms with Crippen LogP contribution in [0, 0.1) is 16.7 Å². The number of rotatable bonds is 1. The molecule has 0 heterocycles. The van der Waals surface area contributed by atoms with Crippen LogP contribution in [0.25, 0.3) is 0 Å². The fourth-order valence-corrected chi connectivity index (χ4v) is 3.81. The zero-order valence-electron chi connectivity index (χ0n) is 11.3. The average Bonchev–Trinajstić information content (AvgIpc) is 2.37. The molecule has 3 atom stereocenters. The topological polar surface area (TPSA) is 17.1 Å². The lowest BCUT2D eigenvalue weighted by atomic mass is 9.49. The van der Waals surface area contributed by atoms with Crippen molar-refractivity contribution in [2.75, 3.05) is 0 Å². The summed E-state index contributed by atoms with van der Waals surface area (Å²) in [6.07, 6.45) is 5.52. The number of Topliss-reactive ketones (excluding diaryl/α,β-unsaturated/α-hetero) is 1. The second kappa shape index (κ2) is 3.57. The zero-order valence-corrected chi connectivity index (χ0v) is 11.3. The van der Waals surface area contributed by atoms with Crippen molar-refractivity contribution >= 4 is 5.78 Å². The van der Waals surface area contributed by atoms with Gasteiger partial charge >= 0.3 is 0 Å². The monoisotopic (exact) mass is 240 g/mol. The van der Waals surface area contributed by atoms with Crippen LogP contribution in [0.15, 0.2) is 42.5 Å². The van der Waals surface area contributed by atoms with Crippen molar-refractivity contribution in [3.05, 3.63) is 48.0 Å². The van der Waals surface area contributed by atoms with Gasteiger partial charge in [0.05, 0.1) is 5.41 Å². The van der Waals surface area contributed by atoms with E-state index in [2.05, 4.69) is 57.2 Å². The average molecular weight is 240 g/mol. The number of fused-ring (bicyclic) bond motifs is 2. The number of carbonyl (C=O) groups is 1. The van der Waals surface area contributed by atoms with Crippen molar-refractivity contribution in [1.29, 1.82) is 0 Å². The van der Waals surface area contributed by atoms with Gasteiger partial charge in [-0.25, -0.2) is 0 Å². The van der Waals surface area contributed by atoms with E-state index in [4.69, 9.17) is 0 Å². The molecule has 1 nitrogen and oxygen atoms in total. The van der Waals surface area contributed by atoms with E-state index in [0.29, 0.717) is 17.6 Å². The molecule has 1 heteroatoms. The zero-order chi connectivity index (χ0) is 13.0. The summed E-state index contributed by atoms with van der Waals surface area (Å²) in [6.45, 7) is 6.31. The van der Waals surface area contributed by atoms with E-state index in [0.717, 1.165) is 6.42 Å². The Labute approximate surface area is 109 Å². The summed E-state index contributed by atoms with van der Waals surface area (Å²) >= 11 is 0. The van der Waals surface area contributed by atoms with Crippen LogP contribution < -0.4 is 0 Å². The molecule has 1 aromatic rings. The van der Waals surface area contributed by atoms with Crippen LogP contribution in [-0.2, 0) is 4.79 Å². The van der Waals surface area contributed by atoms with E-state index in [9.17, 15) is 4.79 Å². The Morgan fingerprint density at radius 1 is 1.11 bits per heavy atom. The van der Waals surface area contributed by atoms with E-state index in [-0.39, 0.29) is 10.8 Å². The summed E-state index contributed by atoms with van der Waals surface area (Å²) < 4.78 is 0. The van der Waals surface area contributed by atoms with Crippen LogP contribution in [0.5, 0.6) is 0 Å². The third-order valence-corrected chi connectivity index (χ3v) is 5.09. The van der Waals surface area contributed by atoms with Gasteiger partial charge in [-0.2, -0.15) is 0 Å². The van der Waals surface area contributed by atoms with Crippen LogP contribution in [0.3, 0.4) is 0 Å². The van der Waals surface area contributed by atoms with Gasteiger partial charge in [-0.1, -0.05) is 56.3 Å². The highest BCUT2D eigenvalue weighted by Gasteiger charge is 2.56. The first-order valence-corrected chi connectivity index (χ1v) is 6.75. The van der Waals surface area contributed by atoms with Crippen LogP contribution in [0.4, 0.5) is 0 Å². The Hall–Kier alpha value is -1.37. The normalized spacial score (nSPS) is 36.9. The molecule has 0 radical (unpaired) electrons. The Kier molecular flexibility index (Phi) is 2.32.